The van der Waals surface area contributed by atoms with Crippen LogP contribution >= 0.6 is 11.6 Å². The van der Waals surface area contributed by atoms with E-state index >= 15 is 0 Å². The summed E-state index contributed by atoms with van der Waals surface area (Å²) in [4.78, 5) is 12.1. The van der Waals surface area contributed by atoms with Crippen molar-refractivity contribution in [3.8, 4) is 11.8 Å². The lowest BCUT2D eigenvalue weighted by atomic mass is 10.1. The minimum atomic E-state index is -0.469. The second-order valence-corrected chi connectivity index (χ2v) is 5.02. The van der Waals surface area contributed by atoms with E-state index in [0.717, 1.165) is 0 Å². The normalized spacial score (nSPS) is 10.7. The fraction of sp³-hybridized carbons (Fsp3) is 0.111. The van der Waals surface area contributed by atoms with Crippen molar-refractivity contribution in [2.24, 2.45) is 0 Å². The molecule has 0 bridgehead atoms. The first-order valence-electron chi connectivity index (χ1n) is 7.04. The molecule has 0 aliphatic rings. The van der Waals surface area contributed by atoms with Crippen LogP contribution in [0.25, 0.3) is 6.08 Å². The smallest absolute Gasteiger partial charge is 0.266 e. The van der Waals surface area contributed by atoms with Gasteiger partial charge in [0.2, 0.25) is 0 Å². The van der Waals surface area contributed by atoms with Gasteiger partial charge in [0.15, 0.2) is 0 Å². The SMILES string of the molecule is CCOc1ccc(/C=C(/C#N)C(=O)Nc2ccccc2)cc1Cl. The zero-order valence-electron chi connectivity index (χ0n) is 12.5. The van der Waals surface area contributed by atoms with E-state index in [0.29, 0.717) is 28.6 Å². The van der Waals surface area contributed by atoms with Crippen LogP contribution < -0.4 is 10.1 Å². The van der Waals surface area contributed by atoms with E-state index in [-0.39, 0.29) is 5.57 Å². The molecule has 0 aliphatic heterocycles. The fourth-order valence-corrected chi connectivity index (χ4v) is 2.16. The number of carbonyl (C=O) groups is 1. The zero-order valence-corrected chi connectivity index (χ0v) is 13.3. The molecule has 1 amide bonds. The lowest BCUT2D eigenvalue weighted by molar-refractivity contribution is -0.112. The second-order valence-electron chi connectivity index (χ2n) is 4.61. The van der Waals surface area contributed by atoms with Gasteiger partial charge in [0.25, 0.3) is 5.91 Å². The number of hydrogen-bond donors (Lipinski definition) is 1. The summed E-state index contributed by atoms with van der Waals surface area (Å²) in [6.07, 6.45) is 1.49. The highest BCUT2D eigenvalue weighted by Crippen LogP contribution is 2.26. The Labute approximate surface area is 140 Å². The Kier molecular flexibility index (Phi) is 5.79. The Balaban J connectivity index is 2.20. The number of ether oxygens (including phenoxy) is 1. The molecule has 116 valence electrons. The van der Waals surface area contributed by atoms with Gasteiger partial charge in [-0.25, -0.2) is 0 Å². The number of anilines is 1. The lowest BCUT2D eigenvalue weighted by Crippen LogP contribution is -2.13. The van der Waals surface area contributed by atoms with Crippen LogP contribution in [-0.4, -0.2) is 12.5 Å². The predicted molar refractivity (Wildman–Crippen MR) is 91.3 cm³/mol. The van der Waals surface area contributed by atoms with E-state index < -0.39 is 5.91 Å². The number of halogens is 1. The molecule has 5 heteroatoms. The van der Waals surface area contributed by atoms with Crippen molar-refractivity contribution in [2.45, 2.75) is 6.92 Å². The van der Waals surface area contributed by atoms with Crippen molar-refractivity contribution in [2.75, 3.05) is 11.9 Å². The van der Waals surface area contributed by atoms with Crippen molar-refractivity contribution in [1.82, 2.24) is 0 Å². The van der Waals surface area contributed by atoms with Gasteiger partial charge >= 0.3 is 0 Å². The number of nitrogens with zero attached hydrogens (tertiary/aromatic N) is 1. The molecular formula is C18H15ClN2O2. The van der Waals surface area contributed by atoms with Crippen LogP contribution in [0.3, 0.4) is 0 Å². The van der Waals surface area contributed by atoms with Gasteiger partial charge in [-0.2, -0.15) is 5.26 Å². The summed E-state index contributed by atoms with van der Waals surface area (Å²) in [5, 5.41) is 12.3. The van der Waals surface area contributed by atoms with Crippen LogP contribution in [0.5, 0.6) is 5.75 Å². The first kappa shape index (κ1) is 16.6. The minimum absolute atomic E-state index is 0.00548. The molecule has 2 aromatic rings. The minimum Gasteiger partial charge on any atom is -0.492 e. The Morgan fingerprint density at radius 3 is 2.65 bits per heavy atom. The van der Waals surface area contributed by atoms with Crippen molar-refractivity contribution >= 4 is 29.3 Å². The van der Waals surface area contributed by atoms with E-state index in [1.165, 1.54) is 6.08 Å². The maximum absolute atomic E-state index is 12.1. The monoisotopic (exact) mass is 326 g/mol. The number of nitriles is 1. The third-order valence-corrected chi connectivity index (χ3v) is 3.26. The number of benzene rings is 2. The summed E-state index contributed by atoms with van der Waals surface area (Å²) in [5.74, 6) is 0.0993. The highest BCUT2D eigenvalue weighted by Gasteiger charge is 2.10. The molecule has 0 radical (unpaired) electrons. The van der Waals surface area contributed by atoms with Gasteiger partial charge in [0.05, 0.1) is 11.6 Å². The first-order valence-corrected chi connectivity index (χ1v) is 7.42. The maximum Gasteiger partial charge on any atom is 0.266 e. The molecular weight excluding hydrogens is 312 g/mol. The molecule has 23 heavy (non-hydrogen) atoms. The Morgan fingerprint density at radius 1 is 1.30 bits per heavy atom. The molecule has 0 saturated carbocycles. The van der Waals surface area contributed by atoms with Crippen LogP contribution in [-0.2, 0) is 4.79 Å². The Hall–Kier alpha value is -2.77. The Bertz CT molecular complexity index is 764. The van der Waals surface area contributed by atoms with E-state index in [4.69, 9.17) is 16.3 Å². The van der Waals surface area contributed by atoms with E-state index in [1.807, 2.05) is 19.1 Å². The standard InChI is InChI=1S/C18H15ClN2O2/c1-2-23-17-9-8-13(11-16(17)19)10-14(12-20)18(22)21-15-6-4-3-5-7-15/h3-11H,2H2,1H3,(H,21,22)/b14-10-. The molecule has 1 N–H and O–H groups in total. The third-order valence-electron chi connectivity index (χ3n) is 2.96. The zero-order chi connectivity index (χ0) is 16.7. The van der Waals surface area contributed by atoms with Gasteiger partial charge in [-0.05, 0) is 42.8 Å². The van der Waals surface area contributed by atoms with E-state index in [9.17, 15) is 10.1 Å². The number of amides is 1. The van der Waals surface area contributed by atoms with Crippen molar-refractivity contribution < 1.29 is 9.53 Å². The summed E-state index contributed by atoms with van der Waals surface area (Å²) in [5.41, 5.74) is 1.27. The molecule has 0 spiro atoms. The second kappa shape index (κ2) is 8.02. The lowest BCUT2D eigenvalue weighted by Gasteiger charge is -2.07. The van der Waals surface area contributed by atoms with Gasteiger partial charge in [-0.1, -0.05) is 35.9 Å². The van der Waals surface area contributed by atoms with Crippen LogP contribution in [0.4, 0.5) is 5.69 Å². The van der Waals surface area contributed by atoms with Crippen molar-refractivity contribution in [3.63, 3.8) is 0 Å². The summed E-state index contributed by atoms with van der Waals surface area (Å²) >= 11 is 6.11. The van der Waals surface area contributed by atoms with Crippen LogP contribution in [0.2, 0.25) is 5.02 Å². The quantitative estimate of drug-likeness (QED) is 0.658. The highest BCUT2D eigenvalue weighted by atomic mass is 35.5. The molecule has 0 saturated heterocycles. The molecule has 0 fully saturated rings. The molecule has 2 aromatic carbocycles. The summed E-state index contributed by atoms with van der Waals surface area (Å²) in [7, 11) is 0. The van der Waals surface area contributed by atoms with Gasteiger partial charge < -0.3 is 10.1 Å². The number of carbonyl (C=O) groups excluding carboxylic acids is 1. The van der Waals surface area contributed by atoms with Gasteiger partial charge in [0, 0.05) is 5.69 Å². The first-order chi connectivity index (χ1) is 11.1. The number of para-hydroxylation sites is 1. The number of hydrogen-bond acceptors (Lipinski definition) is 3. The molecule has 0 heterocycles. The average molecular weight is 327 g/mol. The topological polar surface area (TPSA) is 62.1 Å². The van der Waals surface area contributed by atoms with Crippen LogP contribution in [0.15, 0.2) is 54.1 Å². The molecule has 0 aromatic heterocycles. The van der Waals surface area contributed by atoms with Gasteiger partial charge in [-0.3, -0.25) is 4.79 Å². The van der Waals surface area contributed by atoms with Crippen LogP contribution in [0.1, 0.15) is 12.5 Å². The van der Waals surface area contributed by atoms with Gasteiger partial charge in [-0.15, -0.1) is 0 Å². The van der Waals surface area contributed by atoms with Gasteiger partial charge in [0.1, 0.15) is 17.4 Å². The molecule has 0 unspecified atom stereocenters. The summed E-state index contributed by atoms with van der Waals surface area (Å²) < 4.78 is 5.35. The number of nitrogens with one attached hydrogen (secondary N) is 1. The predicted octanol–water partition coefficient (Wildman–Crippen LogP) is 4.28. The fourth-order valence-electron chi connectivity index (χ4n) is 1.91. The van der Waals surface area contributed by atoms with E-state index in [2.05, 4.69) is 5.32 Å². The van der Waals surface area contributed by atoms with Crippen LogP contribution in [0, 0.1) is 11.3 Å². The maximum atomic E-state index is 12.1. The van der Waals surface area contributed by atoms with Crippen molar-refractivity contribution in [3.05, 3.63) is 64.7 Å². The highest BCUT2D eigenvalue weighted by molar-refractivity contribution is 6.32. The average Bonchev–Trinajstić information content (AvgIpc) is 2.56. The molecule has 4 nitrogen and oxygen atoms in total. The Morgan fingerprint density at radius 2 is 2.04 bits per heavy atom. The molecule has 0 aliphatic carbocycles. The molecule has 0 atom stereocenters. The third kappa shape index (κ3) is 4.60. The van der Waals surface area contributed by atoms with E-state index in [1.54, 1.807) is 42.5 Å². The summed E-state index contributed by atoms with van der Waals surface area (Å²) in [6, 6.07) is 16.0. The van der Waals surface area contributed by atoms with Crippen molar-refractivity contribution in [1.29, 1.82) is 5.26 Å². The number of rotatable bonds is 5. The largest absolute Gasteiger partial charge is 0.492 e. The molecule has 2 rings (SSSR count). The summed E-state index contributed by atoms with van der Waals surface area (Å²) in [6.45, 7) is 2.38.